The first-order valence-corrected chi connectivity index (χ1v) is 14.4. The molecule has 1 aromatic rings. The lowest BCUT2D eigenvalue weighted by Crippen LogP contribution is -2.41. The standard InChI is InChI=1S/C29H44N4O7.2ClH/c34-26(33-25(17-27(35)36)23-2-1-3-24(16-23)40-19-28(37)38)18-32-29(39)22(6-4-20-8-12-30-13-9-20)7-5-21-10-14-31-15-11-21;;/h1-3,16,20-22,25,30-31H,4-15,17-19H2,(H,32,39)(H,33,34)(H,35,36)(H,37,38);2*1H. The molecule has 6 N–H and O–H groups in total. The van der Waals surface area contributed by atoms with Crippen molar-refractivity contribution >= 4 is 48.6 Å². The molecule has 238 valence electrons. The van der Waals surface area contributed by atoms with Gasteiger partial charge in [0.05, 0.1) is 19.0 Å². The molecule has 2 aliphatic rings. The molecule has 2 aliphatic heterocycles. The van der Waals surface area contributed by atoms with Crippen molar-refractivity contribution in [2.75, 3.05) is 39.3 Å². The summed E-state index contributed by atoms with van der Waals surface area (Å²) in [5.41, 5.74) is 0.465. The molecule has 11 nitrogen and oxygen atoms in total. The molecule has 3 rings (SSSR count). The Morgan fingerprint density at radius 3 is 1.98 bits per heavy atom. The summed E-state index contributed by atoms with van der Waals surface area (Å²) in [5.74, 6) is -1.54. The summed E-state index contributed by atoms with van der Waals surface area (Å²) >= 11 is 0. The number of halogens is 2. The predicted molar refractivity (Wildman–Crippen MR) is 163 cm³/mol. The summed E-state index contributed by atoms with van der Waals surface area (Å²) in [6, 6.07) is 5.43. The number of carboxylic acids is 2. The molecule has 2 amide bonds. The SMILES string of the molecule is Cl.Cl.O=C(O)COc1cccc(C(CC(=O)O)NC(=O)CNC(=O)C(CCC2CCNCC2)CCC2CCNCC2)c1. The Balaban J connectivity index is 0.00000441. The van der Waals surface area contributed by atoms with Gasteiger partial charge in [-0.2, -0.15) is 0 Å². The number of hydrogen-bond donors (Lipinski definition) is 6. The number of nitrogens with one attached hydrogen (secondary N) is 4. The van der Waals surface area contributed by atoms with Gasteiger partial charge in [-0.3, -0.25) is 14.4 Å². The molecule has 2 saturated heterocycles. The minimum absolute atomic E-state index is 0. The predicted octanol–water partition coefficient (Wildman–Crippen LogP) is 2.92. The zero-order valence-electron chi connectivity index (χ0n) is 24.0. The van der Waals surface area contributed by atoms with E-state index in [0.29, 0.717) is 17.4 Å². The van der Waals surface area contributed by atoms with E-state index in [1.165, 1.54) is 6.07 Å². The van der Waals surface area contributed by atoms with Crippen LogP contribution in [0.25, 0.3) is 0 Å². The van der Waals surface area contributed by atoms with Crippen molar-refractivity contribution in [3.63, 3.8) is 0 Å². The molecule has 2 heterocycles. The Morgan fingerprint density at radius 1 is 0.881 bits per heavy atom. The molecule has 0 aliphatic carbocycles. The summed E-state index contributed by atoms with van der Waals surface area (Å²) in [6.45, 7) is 3.28. The molecule has 0 saturated carbocycles. The third kappa shape index (κ3) is 14.0. The Hall–Kier alpha value is -2.60. The summed E-state index contributed by atoms with van der Waals surface area (Å²) < 4.78 is 5.18. The first kappa shape index (κ1) is 37.4. The molecule has 1 aromatic carbocycles. The van der Waals surface area contributed by atoms with Crippen molar-refractivity contribution < 1.29 is 34.1 Å². The minimum Gasteiger partial charge on any atom is -0.482 e. The largest absolute Gasteiger partial charge is 0.482 e. The van der Waals surface area contributed by atoms with E-state index in [9.17, 15) is 24.3 Å². The van der Waals surface area contributed by atoms with Crippen LogP contribution in [0.5, 0.6) is 5.75 Å². The number of carbonyl (C=O) groups excluding carboxylic acids is 2. The third-order valence-corrected chi connectivity index (χ3v) is 7.89. The molecule has 0 bridgehead atoms. The van der Waals surface area contributed by atoms with Crippen LogP contribution in [0.1, 0.15) is 69.4 Å². The number of carboxylic acid groups (broad SMARTS) is 2. The van der Waals surface area contributed by atoms with Crippen LogP contribution < -0.4 is 26.0 Å². The van der Waals surface area contributed by atoms with Crippen LogP contribution in [0.2, 0.25) is 0 Å². The highest BCUT2D eigenvalue weighted by atomic mass is 35.5. The minimum atomic E-state index is -1.14. The number of ether oxygens (including phenoxy) is 1. The Kier molecular flexibility index (Phi) is 18.1. The molecule has 42 heavy (non-hydrogen) atoms. The molecular weight excluding hydrogens is 587 g/mol. The van der Waals surface area contributed by atoms with Gasteiger partial charge in [0.1, 0.15) is 5.75 Å². The quantitative estimate of drug-likeness (QED) is 0.161. The average molecular weight is 634 g/mol. The van der Waals surface area contributed by atoms with Gasteiger partial charge in [0.25, 0.3) is 0 Å². The lowest BCUT2D eigenvalue weighted by atomic mass is 9.84. The molecule has 0 radical (unpaired) electrons. The van der Waals surface area contributed by atoms with Crippen LogP contribution >= 0.6 is 24.8 Å². The lowest BCUT2D eigenvalue weighted by molar-refractivity contribution is -0.139. The smallest absolute Gasteiger partial charge is 0.341 e. The van der Waals surface area contributed by atoms with E-state index in [1.807, 2.05) is 0 Å². The Morgan fingerprint density at radius 2 is 1.45 bits per heavy atom. The van der Waals surface area contributed by atoms with Crippen LogP contribution in [0, 0.1) is 17.8 Å². The topological polar surface area (TPSA) is 166 Å². The number of aliphatic carboxylic acids is 2. The zero-order valence-corrected chi connectivity index (χ0v) is 25.6. The van der Waals surface area contributed by atoms with E-state index >= 15 is 0 Å². The molecule has 0 aromatic heterocycles. The van der Waals surface area contributed by atoms with E-state index in [-0.39, 0.29) is 55.4 Å². The van der Waals surface area contributed by atoms with Gasteiger partial charge < -0.3 is 36.2 Å². The van der Waals surface area contributed by atoms with Gasteiger partial charge in [-0.05, 0) is 107 Å². The van der Waals surface area contributed by atoms with E-state index in [0.717, 1.165) is 77.5 Å². The van der Waals surface area contributed by atoms with Crippen LogP contribution in [-0.4, -0.2) is 73.3 Å². The molecule has 1 unspecified atom stereocenters. The van der Waals surface area contributed by atoms with E-state index in [4.69, 9.17) is 9.84 Å². The van der Waals surface area contributed by atoms with Gasteiger partial charge in [0, 0.05) is 5.92 Å². The fraction of sp³-hybridized carbons (Fsp3) is 0.655. The highest BCUT2D eigenvalue weighted by Crippen LogP contribution is 2.27. The highest BCUT2D eigenvalue weighted by molar-refractivity contribution is 5.86. The van der Waals surface area contributed by atoms with Crippen LogP contribution in [0.15, 0.2) is 24.3 Å². The first-order valence-electron chi connectivity index (χ1n) is 14.4. The lowest BCUT2D eigenvalue weighted by Gasteiger charge is -2.27. The average Bonchev–Trinajstić information content (AvgIpc) is 2.95. The number of rotatable bonds is 16. The maximum Gasteiger partial charge on any atom is 0.341 e. The summed E-state index contributed by atoms with van der Waals surface area (Å²) in [7, 11) is 0. The monoisotopic (exact) mass is 632 g/mol. The van der Waals surface area contributed by atoms with Crippen molar-refractivity contribution in [1.29, 1.82) is 0 Å². The second kappa shape index (κ2) is 20.3. The third-order valence-electron chi connectivity index (χ3n) is 7.89. The van der Waals surface area contributed by atoms with Gasteiger partial charge >= 0.3 is 11.9 Å². The van der Waals surface area contributed by atoms with Gasteiger partial charge in [-0.1, -0.05) is 12.1 Å². The number of carbonyl (C=O) groups is 4. The van der Waals surface area contributed by atoms with Crippen molar-refractivity contribution in [1.82, 2.24) is 21.3 Å². The van der Waals surface area contributed by atoms with Crippen LogP contribution in [0.4, 0.5) is 0 Å². The fourth-order valence-electron chi connectivity index (χ4n) is 5.57. The van der Waals surface area contributed by atoms with Crippen molar-refractivity contribution in [3.05, 3.63) is 29.8 Å². The number of piperidine rings is 2. The van der Waals surface area contributed by atoms with E-state index in [1.54, 1.807) is 18.2 Å². The zero-order chi connectivity index (χ0) is 28.7. The first-order chi connectivity index (χ1) is 19.3. The van der Waals surface area contributed by atoms with Gasteiger partial charge in [0.2, 0.25) is 11.8 Å². The number of hydrogen-bond acceptors (Lipinski definition) is 7. The van der Waals surface area contributed by atoms with Gasteiger partial charge in [0.15, 0.2) is 6.61 Å². The molecular formula is C29H46Cl2N4O7. The highest BCUT2D eigenvalue weighted by Gasteiger charge is 2.25. The summed E-state index contributed by atoms with van der Waals surface area (Å²) in [4.78, 5) is 48.3. The van der Waals surface area contributed by atoms with Crippen LogP contribution in [-0.2, 0) is 19.2 Å². The Bertz CT molecular complexity index is 966. The van der Waals surface area contributed by atoms with E-state index < -0.39 is 30.5 Å². The molecule has 13 heteroatoms. The molecule has 1 atom stereocenters. The number of benzene rings is 1. The number of amides is 2. The second-order valence-electron chi connectivity index (χ2n) is 10.9. The summed E-state index contributed by atoms with van der Waals surface area (Å²) in [5, 5.41) is 30.5. The maximum atomic E-state index is 13.2. The summed E-state index contributed by atoms with van der Waals surface area (Å²) in [6.07, 6.45) is 7.71. The van der Waals surface area contributed by atoms with Gasteiger partial charge in [-0.25, -0.2) is 4.79 Å². The Labute approximate surface area is 260 Å². The van der Waals surface area contributed by atoms with E-state index in [2.05, 4.69) is 21.3 Å². The molecule has 0 spiro atoms. The second-order valence-corrected chi connectivity index (χ2v) is 10.9. The van der Waals surface area contributed by atoms with Crippen molar-refractivity contribution in [2.45, 2.75) is 63.8 Å². The van der Waals surface area contributed by atoms with Crippen molar-refractivity contribution in [3.8, 4) is 5.75 Å². The maximum absolute atomic E-state index is 13.2. The fourth-order valence-corrected chi connectivity index (χ4v) is 5.57. The van der Waals surface area contributed by atoms with Crippen LogP contribution in [0.3, 0.4) is 0 Å². The normalized spacial score (nSPS) is 16.4. The van der Waals surface area contributed by atoms with Crippen molar-refractivity contribution in [2.24, 2.45) is 17.8 Å². The molecule has 2 fully saturated rings. The van der Waals surface area contributed by atoms with Gasteiger partial charge in [-0.15, -0.1) is 24.8 Å².